The van der Waals surface area contributed by atoms with Crippen molar-refractivity contribution in [1.29, 1.82) is 0 Å². The van der Waals surface area contributed by atoms with Gasteiger partial charge in [-0.1, -0.05) is 13.8 Å². The monoisotopic (exact) mass is 423 g/mol. The summed E-state index contributed by atoms with van der Waals surface area (Å²) in [6.07, 6.45) is 1.68. The molecule has 6 nitrogen and oxygen atoms in total. The van der Waals surface area contributed by atoms with Gasteiger partial charge in [-0.3, -0.25) is 4.79 Å². The van der Waals surface area contributed by atoms with Crippen molar-refractivity contribution in [3.8, 4) is 0 Å². The van der Waals surface area contributed by atoms with E-state index in [0.717, 1.165) is 35.0 Å². The Labute approximate surface area is 179 Å². The summed E-state index contributed by atoms with van der Waals surface area (Å²) in [6, 6.07) is 0.0493. The zero-order chi connectivity index (χ0) is 21.9. The van der Waals surface area contributed by atoms with E-state index in [-0.39, 0.29) is 24.0 Å². The average Bonchev–Trinajstić information content (AvgIpc) is 2.99. The van der Waals surface area contributed by atoms with Crippen molar-refractivity contribution in [2.24, 2.45) is 5.92 Å². The highest BCUT2D eigenvalue weighted by molar-refractivity contribution is 7.13. The molecule has 0 aliphatic carbocycles. The molecule has 0 spiro atoms. The minimum absolute atomic E-state index is 0.0493. The molecule has 1 unspecified atom stereocenters. The summed E-state index contributed by atoms with van der Waals surface area (Å²) < 4.78 is 5.59. The number of nitrogens with zero attached hydrogens (tertiary/aromatic N) is 3. The van der Waals surface area contributed by atoms with E-state index >= 15 is 0 Å². The fourth-order valence-corrected chi connectivity index (χ4v) is 4.54. The molecule has 2 heterocycles. The number of carbonyl (C=O) groups excluding carboxylic acids is 2. The maximum atomic E-state index is 13.1. The van der Waals surface area contributed by atoms with Gasteiger partial charge in [0.15, 0.2) is 0 Å². The number of likely N-dealkylation sites (tertiary alicyclic amines) is 1. The number of thiazole rings is 1. The third kappa shape index (κ3) is 6.43. The van der Waals surface area contributed by atoms with Crippen molar-refractivity contribution in [2.45, 2.75) is 85.8 Å². The Kier molecular flexibility index (Phi) is 7.71. The number of amides is 2. The van der Waals surface area contributed by atoms with Gasteiger partial charge >= 0.3 is 6.09 Å². The molecule has 2 rings (SSSR count). The summed E-state index contributed by atoms with van der Waals surface area (Å²) in [5.41, 5.74) is 0.305. The zero-order valence-electron chi connectivity index (χ0n) is 19.2. The molecule has 164 valence electrons. The number of rotatable bonds is 5. The van der Waals surface area contributed by atoms with Crippen molar-refractivity contribution >= 4 is 23.3 Å². The fraction of sp³-hybridized carbons (Fsp3) is 0.773. The summed E-state index contributed by atoms with van der Waals surface area (Å²) in [6.45, 7) is 17.8. The molecule has 2 amide bonds. The highest BCUT2D eigenvalue weighted by atomic mass is 32.1. The van der Waals surface area contributed by atoms with Gasteiger partial charge in [-0.05, 0) is 60.3 Å². The van der Waals surface area contributed by atoms with Crippen molar-refractivity contribution in [2.75, 3.05) is 19.6 Å². The lowest BCUT2D eigenvalue weighted by Crippen LogP contribution is -2.48. The van der Waals surface area contributed by atoms with Gasteiger partial charge in [-0.15, -0.1) is 11.3 Å². The molecule has 7 heteroatoms. The van der Waals surface area contributed by atoms with Crippen molar-refractivity contribution < 1.29 is 14.3 Å². The minimum atomic E-state index is -0.517. The summed E-state index contributed by atoms with van der Waals surface area (Å²) in [5.74, 6) is 0.646. The van der Waals surface area contributed by atoms with Crippen LogP contribution < -0.4 is 0 Å². The standard InChI is InChI=1S/C22H37N3O3S/c1-14(2)19-23-16(5)18(29-19)20(26)24-11-9-10-17(12-24)13-25(15(3)4)21(27)28-22(6,7)8/h14-15,17H,9-13H2,1-8H3. The topological polar surface area (TPSA) is 62.7 Å². The van der Waals surface area contributed by atoms with Gasteiger partial charge in [-0.2, -0.15) is 0 Å². The second-order valence-corrected chi connectivity index (χ2v) is 10.6. The molecule has 1 saturated heterocycles. The quantitative estimate of drug-likeness (QED) is 0.663. The smallest absolute Gasteiger partial charge is 0.410 e. The number of hydrogen-bond acceptors (Lipinski definition) is 5. The Bertz CT molecular complexity index is 721. The first-order valence-corrected chi connectivity index (χ1v) is 11.5. The fourth-order valence-electron chi connectivity index (χ4n) is 3.50. The molecular formula is C22H37N3O3S. The van der Waals surface area contributed by atoms with Crippen LogP contribution in [0.4, 0.5) is 4.79 Å². The number of aromatic nitrogens is 1. The summed E-state index contributed by atoms with van der Waals surface area (Å²) in [5, 5.41) is 1.01. The maximum Gasteiger partial charge on any atom is 0.410 e. The molecule has 1 aromatic heterocycles. The normalized spacial score (nSPS) is 17.7. The van der Waals surface area contributed by atoms with Crippen molar-refractivity contribution in [3.05, 3.63) is 15.6 Å². The van der Waals surface area contributed by atoms with E-state index in [1.54, 1.807) is 4.90 Å². The maximum absolute atomic E-state index is 13.1. The number of hydrogen-bond donors (Lipinski definition) is 0. The summed E-state index contributed by atoms with van der Waals surface area (Å²) >= 11 is 1.51. The number of ether oxygens (including phenoxy) is 1. The molecule has 1 atom stereocenters. The van der Waals surface area contributed by atoms with Gasteiger partial charge in [0, 0.05) is 31.6 Å². The Hall–Kier alpha value is -1.63. The number of aryl methyl sites for hydroxylation is 1. The number of carbonyl (C=O) groups is 2. The highest BCUT2D eigenvalue weighted by Crippen LogP contribution is 2.28. The van der Waals surface area contributed by atoms with Gasteiger partial charge in [-0.25, -0.2) is 9.78 Å². The lowest BCUT2D eigenvalue weighted by molar-refractivity contribution is 0.0124. The van der Waals surface area contributed by atoms with Crippen molar-refractivity contribution in [3.63, 3.8) is 0 Å². The van der Waals surface area contributed by atoms with Crippen molar-refractivity contribution in [1.82, 2.24) is 14.8 Å². The van der Waals surface area contributed by atoms with Gasteiger partial charge in [0.25, 0.3) is 5.91 Å². The van der Waals surface area contributed by atoms with Gasteiger partial charge in [0.1, 0.15) is 10.5 Å². The molecule has 0 radical (unpaired) electrons. The van der Waals surface area contributed by atoms with Crippen LogP contribution in [0.25, 0.3) is 0 Å². The van der Waals surface area contributed by atoms with Crippen LogP contribution >= 0.6 is 11.3 Å². The lowest BCUT2D eigenvalue weighted by atomic mass is 9.96. The molecule has 0 bridgehead atoms. The van der Waals surface area contributed by atoms with Crippen LogP contribution in [0.2, 0.25) is 0 Å². The van der Waals surface area contributed by atoms with E-state index in [1.807, 2.05) is 46.4 Å². The van der Waals surface area contributed by atoms with E-state index in [2.05, 4.69) is 18.8 Å². The van der Waals surface area contributed by atoms with Gasteiger partial charge in [0.2, 0.25) is 0 Å². The first-order chi connectivity index (χ1) is 13.4. The number of piperidine rings is 1. The van der Waals surface area contributed by atoms with Crippen LogP contribution in [-0.4, -0.2) is 58.1 Å². The van der Waals surface area contributed by atoms with E-state index in [1.165, 1.54) is 11.3 Å². The predicted octanol–water partition coefficient (Wildman–Crippen LogP) is 5.07. The Morgan fingerprint density at radius 2 is 1.93 bits per heavy atom. The zero-order valence-corrected chi connectivity index (χ0v) is 20.1. The summed E-state index contributed by atoms with van der Waals surface area (Å²) in [7, 11) is 0. The van der Waals surface area contributed by atoms with E-state index in [0.29, 0.717) is 19.0 Å². The first kappa shape index (κ1) is 23.6. The van der Waals surface area contributed by atoms with Crippen LogP contribution in [0.5, 0.6) is 0 Å². The lowest BCUT2D eigenvalue weighted by Gasteiger charge is -2.37. The van der Waals surface area contributed by atoms with E-state index < -0.39 is 5.60 Å². The van der Waals surface area contributed by atoms with Crippen LogP contribution in [-0.2, 0) is 4.74 Å². The molecule has 1 aliphatic heterocycles. The summed E-state index contributed by atoms with van der Waals surface area (Å²) in [4.78, 5) is 34.8. The second-order valence-electron chi connectivity index (χ2n) is 9.61. The largest absolute Gasteiger partial charge is 0.444 e. The SMILES string of the molecule is Cc1nc(C(C)C)sc1C(=O)N1CCCC(CN(C(=O)OC(C)(C)C)C(C)C)C1. The van der Waals surface area contributed by atoms with Crippen LogP contribution in [0.1, 0.15) is 87.6 Å². The molecule has 0 aromatic carbocycles. The molecule has 1 fully saturated rings. The Morgan fingerprint density at radius 3 is 2.45 bits per heavy atom. The van der Waals surface area contributed by atoms with Gasteiger partial charge < -0.3 is 14.5 Å². The average molecular weight is 424 g/mol. The van der Waals surface area contributed by atoms with E-state index in [9.17, 15) is 9.59 Å². The predicted molar refractivity (Wildman–Crippen MR) is 118 cm³/mol. The molecule has 29 heavy (non-hydrogen) atoms. The first-order valence-electron chi connectivity index (χ1n) is 10.6. The van der Waals surface area contributed by atoms with Crippen LogP contribution in [0.15, 0.2) is 0 Å². The highest BCUT2D eigenvalue weighted by Gasteiger charge is 2.31. The van der Waals surface area contributed by atoms with Crippen LogP contribution in [0.3, 0.4) is 0 Å². The molecular weight excluding hydrogens is 386 g/mol. The molecule has 0 saturated carbocycles. The van der Waals surface area contributed by atoms with E-state index in [4.69, 9.17) is 4.74 Å². The molecule has 1 aliphatic rings. The molecule has 1 aromatic rings. The molecule has 0 N–H and O–H groups in total. The Balaban J connectivity index is 2.07. The third-order valence-corrected chi connectivity index (χ3v) is 6.46. The minimum Gasteiger partial charge on any atom is -0.444 e. The Morgan fingerprint density at radius 1 is 1.28 bits per heavy atom. The second kappa shape index (κ2) is 9.45. The van der Waals surface area contributed by atoms with Gasteiger partial charge in [0.05, 0.1) is 10.7 Å². The van der Waals surface area contributed by atoms with Crippen LogP contribution in [0, 0.1) is 12.8 Å². The third-order valence-electron chi connectivity index (χ3n) is 5.01.